The van der Waals surface area contributed by atoms with Gasteiger partial charge in [-0.15, -0.1) is 0 Å². The first-order valence-corrected chi connectivity index (χ1v) is 12.6. The third-order valence-electron chi connectivity index (χ3n) is 7.05. The normalized spacial score (nSPS) is 21.8. The summed E-state index contributed by atoms with van der Waals surface area (Å²) in [6.07, 6.45) is 10.5. The van der Waals surface area contributed by atoms with Gasteiger partial charge in [0.2, 0.25) is 0 Å². The molecule has 1 aromatic rings. The van der Waals surface area contributed by atoms with E-state index in [1.807, 2.05) is 11.0 Å². The van der Waals surface area contributed by atoms with Crippen molar-refractivity contribution in [2.75, 3.05) is 40.0 Å². The minimum absolute atomic E-state index is 0.00352. The Labute approximate surface area is 194 Å². The van der Waals surface area contributed by atoms with Crippen molar-refractivity contribution in [2.24, 2.45) is 17.6 Å². The molecule has 3 unspecified atom stereocenters. The third kappa shape index (κ3) is 7.75. The van der Waals surface area contributed by atoms with E-state index in [-0.39, 0.29) is 24.1 Å². The summed E-state index contributed by atoms with van der Waals surface area (Å²) in [5.41, 5.74) is 7.22. The highest BCUT2D eigenvalue weighted by atomic mass is 16.5. The van der Waals surface area contributed by atoms with Gasteiger partial charge >= 0.3 is 6.03 Å². The molecule has 3 N–H and O–H groups in total. The number of likely N-dealkylation sites (tertiary alicyclic amines) is 1. The average Bonchev–Trinajstić information content (AvgIpc) is 2.85. The SMILES string of the molecule is COCCCOC(c1ccccc1)C1CCCN(C(=O)NC(CN)CC2CCCCC2)C1. The summed E-state index contributed by atoms with van der Waals surface area (Å²) in [7, 11) is 1.72. The Morgan fingerprint density at radius 2 is 1.91 bits per heavy atom. The summed E-state index contributed by atoms with van der Waals surface area (Å²) in [6.45, 7) is 3.38. The van der Waals surface area contributed by atoms with Crippen LogP contribution in [-0.4, -0.2) is 56.9 Å². The molecule has 2 fully saturated rings. The van der Waals surface area contributed by atoms with Crippen LogP contribution in [0.3, 0.4) is 0 Å². The Balaban J connectivity index is 1.57. The molecule has 0 spiro atoms. The lowest BCUT2D eigenvalue weighted by atomic mass is 9.85. The van der Waals surface area contributed by atoms with Gasteiger partial charge in [-0.2, -0.15) is 0 Å². The van der Waals surface area contributed by atoms with Crippen molar-refractivity contribution < 1.29 is 14.3 Å². The molecule has 32 heavy (non-hydrogen) atoms. The molecule has 1 aliphatic heterocycles. The molecule has 6 heteroatoms. The number of amides is 2. The fraction of sp³-hybridized carbons (Fsp3) is 0.731. The van der Waals surface area contributed by atoms with Crippen molar-refractivity contribution in [3.05, 3.63) is 35.9 Å². The first kappa shape index (κ1) is 25.0. The van der Waals surface area contributed by atoms with E-state index in [9.17, 15) is 4.79 Å². The monoisotopic (exact) mass is 445 g/mol. The standard InChI is InChI=1S/C26H43N3O3/c1-31-16-9-17-32-25(22-12-6-3-7-13-22)23-14-8-15-29(20-23)26(30)28-24(19-27)18-21-10-4-2-5-11-21/h3,6-7,12-13,21,23-25H,2,4-5,8-11,14-20,27H2,1H3,(H,28,30). The lowest BCUT2D eigenvalue weighted by Crippen LogP contribution is -2.51. The summed E-state index contributed by atoms with van der Waals surface area (Å²) in [5, 5.41) is 3.25. The number of urea groups is 1. The van der Waals surface area contributed by atoms with Gasteiger partial charge in [0.25, 0.3) is 0 Å². The van der Waals surface area contributed by atoms with Crippen molar-refractivity contribution >= 4 is 6.03 Å². The van der Waals surface area contributed by atoms with Gasteiger partial charge in [-0.1, -0.05) is 62.4 Å². The molecule has 1 aliphatic carbocycles. The Hall–Kier alpha value is -1.63. The number of piperidine rings is 1. The fourth-order valence-electron chi connectivity index (χ4n) is 5.31. The van der Waals surface area contributed by atoms with Crippen molar-refractivity contribution in [1.82, 2.24) is 10.2 Å². The van der Waals surface area contributed by atoms with E-state index < -0.39 is 0 Å². The Bertz CT molecular complexity index is 651. The lowest BCUT2D eigenvalue weighted by molar-refractivity contribution is -0.0167. The summed E-state index contributed by atoms with van der Waals surface area (Å²) < 4.78 is 11.5. The lowest BCUT2D eigenvalue weighted by Gasteiger charge is -2.38. The summed E-state index contributed by atoms with van der Waals surface area (Å²) in [4.78, 5) is 15.1. The number of nitrogens with one attached hydrogen (secondary N) is 1. The second-order valence-corrected chi connectivity index (χ2v) is 9.52. The molecule has 2 amide bonds. The average molecular weight is 446 g/mol. The van der Waals surface area contributed by atoms with Gasteiger partial charge in [0.1, 0.15) is 0 Å². The molecule has 6 nitrogen and oxygen atoms in total. The molecule has 180 valence electrons. The number of hydrogen-bond acceptors (Lipinski definition) is 4. The van der Waals surface area contributed by atoms with E-state index in [0.29, 0.717) is 25.7 Å². The predicted molar refractivity (Wildman–Crippen MR) is 128 cm³/mol. The van der Waals surface area contributed by atoms with Crippen LogP contribution in [0, 0.1) is 11.8 Å². The minimum atomic E-state index is -0.00352. The number of hydrogen-bond donors (Lipinski definition) is 2. The van der Waals surface area contributed by atoms with Crippen LogP contribution in [-0.2, 0) is 9.47 Å². The van der Waals surface area contributed by atoms with Gasteiger partial charge in [0, 0.05) is 51.9 Å². The van der Waals surface area contributed by atoms with Crippen molar-refractivity contribution in [2.45, 2.75) is 69.9 Å². The van der Waals surface area contributed by atoms with Gasteiger partial charge in [-0.25, -0.2) is 4.79 Å². The number of methoxy groups -OCH3 is 1. The van der Waals surface area contributed by atoms with Crippen molar-refractivity contribution in [3.8, 4) is 0 Å². The zero-order chi connectivity index (χ0) is 22.6. The topological polar surface area (TPSA) is 76.8 Å². The van der Waals surface area contributed by atoms with Crippen LogP contribution in [0.4, 0.5) is 4.79 Å². The van der Waals surface area contributed by atoms with E-state index in [4.69, 9.17) is 15.2 Å². The molecule has 3 rings (SSSR count). The highest BCUT2D eigenvalue weighted by Crippen LogP contribution is 2.33. The van der Waals surface area contributed by atoms with Crippen molar-refractivity contribution in [1.29, 1.82) is 0 Å². The van der Waals surface area contributed by atoms with Gasteiger partial charge < -0.3 is 25.4 Å². The molecular formula is C26H43N3O3. The van der Waals surface area contributed by atoms with Gasteiger partial charge in [0.15, 0.2) is 0 Å². The molecule has 1 aromatic carbocycles. The molecule has 1 heterocycles. The van der Waals surface area contributed by atoms with E-state index in [1.54, 1.807) is 7.11 Å². The third-order valence-corrected chi connectivity index (χ3v) is 7.05. The molecule has 1 saturated carbocycles. The summed E-state index contributed by atoms with van der Waals surface area (Å²) in [5.74, 6) is 0.990. The van der Waals surface area contributed by atoms with Crippen LogP contribution in [0.5, 0.6) is 0 Å². The quantitative estimate of drug-likeness (QED) is 0.492. The largest absolute Gasteiger partial charge is 0.385 e. The maximum absolute atomic E-state index is 13.1. The van der Waals surface area contributed by atoms with Crippen LogP contribution in [0.15, 0.2) is 30.3 Å². The van der Waals surface area contributed by atoms with Gasteiger partial charge in [-0.3, -0.25) is 0 Å². The fourth-order valence-corrected chi connectivity index (χ4v) is 5.31. The van der Waals surface area contributed by atoms with Crippen LogP contribution in [0.25, 0.3) is 0 Å². The second kappa shape index (κ2) is 13.8. The second-order valence-electron chi connectivity index (χ2n) is 9.52. The first-order chi connectivity index (χ1) is 15.7. The van der Waals surface area contributed by atoms with Crippen LogP contribution in [0.2, 0.25) is 0 Å². The molecule has 3 atom stereocenters. The first-order valence-electron chi connectivity index (χ1n) is 12.6. The molecule has 0 bridgehead atoms. The molecule has 0 aromatic heterocycles. The number of carbonyl (C=O) groups is 1. The Kier molecular flexibility index (Phi) is 10.8. The van der Waals surface area contributed by atoms with E-state index in [0.717, 1.165) is 38.8 Å². The number of benzene rings is 1. The highest BCUT2D eigenvalue weighted by molar-refractivity contribution is 5.74. The van der Waals surface area contributed by atoms with E-state index in [1.165, 1.54) is 37.7 Å². The molecule has 0 radical (unpaired) electrons. The number of carbonyl (C=O) groups excluding carboxylic acids is 1. The zero-order valence-corrected chi connectivity index (χ0v) is 19.8. The molecule has 1 saturated heterocycles. The summed E-state index contributed by atoms with van der Waals surface area (Å²) >= 11 is 0. The van der Waals surface area contributed by atoms with Crippen LogP contribution in [0.1, 0.15) is 69.5 Å². The number of nitrogens with two attached hydrogens (primary N) is 1. The number of rotatable bonds is 11. The van der Waals surface area contributed by atoms with Gasteiger partial charge in [-0.05, 0) is 37.2 Å². The van der Waals surface area contributed by atoms with Crippen LogP contribution < -0.4 is 11.1 Å². The number of ether oxygens (including phenoxy) is 2. The smallest absolute Gasteiger partial charge is 0.317 e. The highest BCUT2D eigenvalue weighted by Gasteiger charge is 2.32. The number of nitrogens with zero attached hydrogens (tertiary/aromatic N) is 1. The summed E-state index contributed by atoms with van der Waals surface area (Å²) in [6, 6.07) is 10.5. The maximum Gasteiger partial charge on any atom is 0.317 e. The minimum Gasteiger partial charge on any atom is -0.385 e. The van der Waals surface area contributed by atoms with Crippen LogP contribution >= 0.6 is 0 Å². The van der Waals surface area contributed by atoms with E-state index in [2.05, 4.69) is 29.6 Å². The van der Waals surface area contributed by atoms with E-state index >= 15 is 0 Å². The molecule has 2 aliphatic rings. The Morgan fingerprint density at radius 3 is 2.62 bits per heavy atom. The maximum atomic E-state index is 13.1. The molecular weight excluding hydrogens is 402 g/mol. The predicted octanol–water partition coefficient (Wildman–Crippen LogP) is 4.50. The zero-order valence-electron chi connectivity index (χ0n) is 19.8. The van der Waals surface area contributed by atoms with Crippen molar-refractivity contribution in [3.63, 3.8) is 0 Å². The Morgan fingerprint density at radius 1 is 1.12 bits per heavy atom. The van der Waals surface area contributed by atoms with Gasteiger partial charge in [0.05, 0.1) is 6.10 Å².